The van der Waals surface area contributed by atoms with Crippen LogP contribution in [-0.2, 0) is 25.2 Å². The van der Waals surface area contributed by atoms with Crippen molar-refractivity contribution in [1.82, 2.24) is 40.4 Å². The third-order valence-electron chi connectivity index (χ3n) is 13.8. The van der Waals surface area contributed by atoms with E-state index in [1.54, 1.807) is 34.3 Å². The normalized spacial score (nSPS) is 20.4. The highest BCUT2D eigenvalue weighted by Gasteiger charge is 2.40. The molecule has 5 aromatic rings. The van der Waals surface area contributed by atoms with Gasteiger partial charge >= 0.3 is 18.4 Å². The van der Waals surface area contributed by atoms with Crippen LogP contribution >= 0.6 is 0 Å². The summed E-state index contributed by atoms with van der Waals surface area (Å²) < 4.78 is 50.8. The van der Waals surface area contributed by atoms with E-state index in [4.69, 9.17) is 19.4 Å². The minimum Gasteiger partial charge on any atom is -0.453 e. The van der Waals surface area contributed by atoms with Gasteiger partial charge < -0.3 is 44.8 Å². The number of carbonyl (C=O) groups is 4. The molecular weight excluding hydrogens is 892 g/mol. The van der Waals surface area contributed by atoms with Gasteiger partial charge in [-0.3, -0.25) is 9.59 Å². The van der Waals surface area contributed by atoms with Gasteiger partial charge in [0.1, 0.15) is 23.7 Å². The average Bonchev–Trinajstić information content (AvgIpc) is 4.21. The summed E-state index contributed by atoms with van der Waals surface area (Å²) in [5.74, 6) is 0.625. The fourth-order valence-corrected chi connectivity index (χ4v) is 10.1. The molecule has 69 heavy (non-hydrogen) atoms. The van der Waals surface area contributed by atoms with Crippen LogP contribution in [0.1, 0.15) is 119 Å². The van der Waals surface area contributed by atoms with Crippen LogP contribution in [0.25, 0.3) is 22.5 Å². The van der Waals surface area contributed by atoms with E-state index in [9.17, 15) is 32.3 Å². The monoisotopic (exact) mass is 951 g/mol. The molecule has 8 rings (SSSR count). The molecule has 0 unspecified atom stereocenters. The first-order valence-electron chi connectivity index (χ1n) is 23.6. The molecule has 15 nitrogen and oxygen atoms in total. The maximum atomic E-state index is 13.8. The third kappa shape index (κ3) is 10.3. The SMILES string of the molecule is COC(=O)N[C@H](C(=O)N1CCC[C@H]1c1ncc(-c2ccc([C@H]3CC[C@H](c4ccc(-c5cnc([C@@H]6CCCN6C(=O)[C@@H](NC(=O)OC)C(C)C)[nH]5)cc4)N3c3ccc(C(F)(F)F)cc3)cc2)[nH]1)C(C)C. The molecule has 18 heteroatoms. The molecular formula is C51H60F3N9O6. The number of rotatable bonds is 13. The Labute approximate surface area is 399 Å². The van der Waals surface area contributed by atoms with Gasteiger partial charge in [0.2, 0.25) is 11.8 Å². The summed E-state index contributed by atoms with van der Waals surface area (Å²) in [4.78, 5) is 73.6. The summed E-state index contributed by atoms with van der Waals surface area (Å²) in [6, 6.07) is 19.2. The number of imidazole rings is 2. The van der Waals surface area contributed by atoms with E-state index in [0.29, 0.717) is 30.4 Å². The topological polar surface area (TPSA) is 178 Å². The van der Waals surface area contributed by atoms with Gasteiger partial charge in [0.05, 0.1) is 67.7 Å². The molecule has 0 saturated carbocycles. The van der Waals surface area contributed by atoms with Gasteiger partial charge in [0.15, 0.2) is 0 Å². The van der Waals surface area contributed by atoms with Crippen LogP contribution in [0.5, 0.6) is 0 Å². The number of nitrogens with one attached hydrogen (secondary N) is 4. The lowest BCUT2D eigenvalue weighted by Gasteiger charge is -2.33. The van der Waals surface area contributed by atoms with Gasteiger partial charge in [-0.25, -0.2) is 19.6 Å². The number of carbonyl (C=O) groups excluding carboxylic acids is 4. The first-order chi connectivity index (χ1) is 33.1. The molecule has 3 aromatic carbocycles. The Kier molecular flexibility index (Phi) is 14.4. The molecule has 0 aliphatic carbocycles. The summed E-state index contributed by atoms with van der Waals surface area (Å²) in [5.41, 5.74) is 5.30. The second kappa shape index (κ2) is 20.4. The molecule has 3 fully saturated rings. The number of aromatic nitrogens is 4. The van der Waals surface area contributed by atoms with Crippen molar-refractivity contribution in [2.24, 2.45) is 11.8 Å². The van der Waals surface area contributed by atoms with Crippen LogP contribution in [0.15, 0.2) is 85.2 Å². The summed E-state index contributed by atoms with van der Waals surface area (Å²) in [6.45, 7) is 8.57. The first kappa shape index (κ1) is 48.6. The summed E-state index contributed by atoms with van der Waals surface area (Å²) >= 11 is 0. The highest BCUT2D eigenvalue weighted by Crippen LogP contribution is 2.48. The fraction of sp³-hybridized carbons (Fsp3) is 0.451. The molecule has 0 radical (unpaired) electrons. The predicted octanol–water partition coefficient (Wildman–Crippen LogP) is 9.66. The van der Waals surface area contributed by atoms with Crippen LogP contribution in [0, 0.1) is 11.8 Å². The van der Waals surface area contributed by atoms with Crippen molar-refractivity contribution in [1.29, 1.82) is 0 Å². The summed E-state index contributed by atoms with van der Waals surface area (Å²) in [5, 5.41) is 5.37. The van der Waals surface area contributed by atoms with Crippen LogP contribution in [0.2, 0.25) is 0 Å². The maximum Gasteiger partial charge on any atom is 0.416 e. The van der Waals surface area contributed by atoms with Crippen molar-refractivity contribution >= 4 is 29.7 Å². The molecule has 5 heterocycles. The number of aromatic amines is 2. The van der Waals surface area contributed by atoms with Crippen LogP contribution < -0.4 is 15.5 Å². The van der Waals surface area contributed by atoms with E-state index in [1.807, 2.05) is 76.2 Å². The van der Waals surface area contributed by atoms with Crippen LogP contribution in [0.3, 0.4) is 0 Å². The number of hydrogen-bond donors (Lipinski definition) is 4. The smallest absolute Gasteiger partial charge is 0.416 e. The molecule has 3 aliphatic rings. The molecule has 4 N–H and O–H groups in total. The van der Waals surface area contributed by atoms with E-state index >= 15 is 0 Å². The standard InChI is InChI=1S/C51H60F3N9O6/c1-29(2)43(59-49(66)68-5)47(64)61-25-7-9-41(61)45-55-27-37(57-45)31-11-15-33(16-12-31)39-23-24-40(63(39)36-21-19-35(20-22-36)51(52,53)54)34-17-13-32(14-18-34)38-28-56-46(58-38)42-10-8-26-62(42)48(65)44(30(3)4)60-50(67)69-6/h11-22,27-30,39-44H,7-10,23-26H2,1-6H3,(H,55,57)(H,56,58)(H,59,66)(H,60,67)/t39-,40-,41+,42+,43+,44+/m1/s1. The number of halogens is 3. The minimum atomic E-state index is -4.47. The molecule has 6 atom stereocenters. The van der Waals surface area contributed by atoms with Crippen LogP contribution in [-0.4, -0.2) is 93.1 Å². The molecule has 366 valence electrons. The Bertz CT molecular complexity index is 2450. The molecule has 0 spiro atoms. The lowest BCUT2D eigenvalue weighted by atomic mass is 10.0. The second-order valence-corrected chi connectivity index (χ2v) is 18.8. The number of alkyl carbamates (subject to hydrolysis) is 2. The zero-order chi connectivity index (χ0) is 49.1. The lowest BCUT2D eigenvalue weighted by molar-refractivity contribution is -0.138. The number of H-pyrrole nitrogens is 2. The third-order valence-corrected chi connectivity index (χ3v) is 13.8. The van der Waals surface area contributed by atoms with E-state index in [1.165, 1.54) is 14.2 Å². The van der Waals surface area contributed by atoms with E-state index in [2.05, 4.69) is 25.5 Å². The number of benzene rings is 3. The zero-order valence-electron chi connectivity index (χ0n) is 39.7. The number of methoxy groups -OCH3 is 2. The van der Waals surface area contributed by atoms with Crippen molar-refractivity contribution in [2.45, 2.75) is 109 Å². The predicted molar refractivity (Wildman–Crippen MR) is 252 cm³/mol. The van der Waals surface area contributed by atoms with Gasteiger partial charge in [-0.05, 0) is 96.9 Å². The number of nitrogens with zero attached hydrogens (tertiary/aromatic N) is 5. The van der Waals surface area contributed by atoms with Crippen molar-refractivity contribution in [3.8, 4) is 22.5 Å². The van der Waals surface area contributed by atoms with Crippen molar-refractivity contribution in [3.63, 3.8) is 0 Å². The van der Waals surface area contributed by atoms with E-state index in [-0.39, 0.29) is 47.8 Å². The number of amides is 4. The lowest BCUT2D eigenvalue weighted by Crippen LogP contribution is -2.51. The van der Waals surface area contributed by atoms with Gasteiger partial charge in [-0.2, -0.15) is 13.2 Å². The Morgan fingerprint density at radius 1 is 0.609 bits per heavy atom. The Morgan fingerprint density at radius 3 is 1.38 bits per heavy atom. The number of likely N-dealkylation sites (tertiary alicyclic amines) is 2. The fourth-order valence-electron chi connectivity index (χ4n) is 10.1. The number of ether oxygens (including phenoxy) is 2. The minimum absolute atomic E-state index is 0.145. The van der Waals surface area contributed by atoms with Gasteiger partial charge in [-0.1, -0.05) is 76.2 Å². The zero-order valence-corrected chi connectivity index (χ0v) is 39.7. The van der Waals surface area contributed by atoms with Crippen molar-refractivity contribution in [2.75, 3.05) is 32.2 Å². The van der Waals surface area contributed by atoms with Gasteiger partial charge in [0, 0.05) is 18.8 Å². The number of alkyl halides is 3. The van der Waals surface area contributed by atoms with E-state index in [0.717, 1.165) is 84.3 Å². The Morgan fingerprint density at radius 2 is 1.01 bits per heavy atom. The quantitative estimate of drug-likeness (QED) is 0.0895. The summed E-state index contributed by atoms with van der Waals surface area (Å²) in [7, 11) is 2.53. The average molecular weight is 952 g/mol. The van der Waals surface area contributed by atoms with Crippen molar-refractivity contribution in [3.05, 3.63) is 114 Å². The van der Waals surface area contributed by atoms with Gasteiger partial charge in [-0.15, -0.1) is 0 Å². The van der Waals surface area contributed by atoms with E-state index < -0.39 is 36.0 Å². The first-order valence-corrected chi connectivity index (χ1v) is 23.6. The highest BCUT2D eigenvalue weighted by molar-refractivity contribution is 5.87. The maximum absolute atomic E-state index is 13.8. The highest BCUT2D eigenvalue weighted by atomic mass is 19.4. The molecule has 2 aromatic heterocycles. The largest absolute Gasteiger partial charge is 0.453 e. The molecule has 3 aliphatic heterocycles. The number of anilines is 1. The van der Waals surface area contributed by atoms with Gasteiger partial charge in [0.25, 0.3) is 0 Å². The summed E-state index contributed by atoms with van der Waals surface area (Å²) in [6.07, 6.45) is 2.25. The molecule has 4 amide bonds. The number of hydrogen-bond acceptors (Lipinski definition) is 9. The van der Waals surface area contributed by atoms with Crippen LogP contribution in [0.4, 0.5) is 28.4 Å². The Balaban J connectivity index is 1.00. The second-order valence-electron chi connectivity index (χ2n) is 18.8. The molecule has 3 saturated heterocycles. The molecule has 0 bridgehead atoms. The van der Waals surface area contributed by atoms with Crippen molar-refractivity contribution < 1.29 is 41.8 Å². The Hall–Kier alpha value is -6.85.